The minimum atomic E-state index is -3.54. The van der Waals surface area contributed by atoms with Crippen molar-refractivity contribution in [3.8, 4) is 22.4 Å². The van der Waals surface area contributed by atoms with Gasteiger partial charge in [0.15, 0.2) is 0 Å². The second-order valence-corrected chi connectivity index (χ2v) is 10.2. The van der Waals surface area contributed by atoms with Crippen molar-refractivity contribution in [2.45, 2.75) is 30.2 Å². The van der Waals surface area contributed by atoms with Gasteiger partial charge in [-0.25, -0.2) is 13.4 Å². The van der Waals surface area contributed by atoms with Crippen molar-refractivity contribution in [3.05, 3.63) is 59.9 Å². The number of sulfonamides is 1. The van der Waals surface area contributed by atoms with E-state index in [1.54, 1.807) is 31.4 Å². The van der Waals surface area contributed by atoms with Gasteiger partial charge < -0.3 is 11.1 Å². The molecule has 3 heterocycles. The Morgan fingerprint density at radius 2 is 1.84 bits per heavy atom. The number of carbonyl (C=O) groups excluding carboxylic acids is 1. The average Bonchev–Trinajstić information content (AvgIpc) is 3.64. The Morgan fingerprint density at radius 3 is 2.56 bits per heavy atom. The van der Waals surface area contributed by atoms with Crippen LogP contribution < -0.4 is 11.1 Å². The first kappa shape index (κ1) is 20.6. The average molecular weight is 450 g/mol. The van der Waals surface area contributed by atoms with Crippen molar-refractivity contribution >= 4 is 21.7 Å². The summed E-state index contributed by atoms with van der Waals surface area (Å²) in [6.07, 6.45) is 5.56. The van der Waals surface area contributed by atoms with Gasteiger partial charge in [0.1, 0.15) is 10.7 Å². The first-order chi connectivity index (χ1) is 15.3. The lowest BCUT2D eigenvalue weighted by Crippen LogP contribution is -2.31. The molecule has 1 aromatic carbocycles. The van der Waals surface area contributed by atoms with Crippen molar-refractivity contribution < 1.29 is 13.2 Å². The van der Waals surface area contributed by atoms with Crippen molar-refractivity contribution in [3.63, 3.8) is 0 Å². The van der Waals surface area contributed by atoms with Crippen LogP contribution in [0.15, 0.2) is 53.7 Å². The third-order valence-electron chi connectivity index (χ3n) is 6.03. The van der Waals surface area contributed by atoms with Crippen LogP contribution in [-0.4, -0.2) is 48.2 Å². The minimum absolute atomic E-state index is 0.0655. The molecule has 32 heavy (non-hydrogen) atoms. The molecule has 8 nitrogen and oxygen atoms in total. The number of hydrogen-bond donors (Lipinski definition) is 2. The Balaban J connectivity index is 1.47. The number of fused-ring (bicyclic) bond motifs is 1. The molecule has 0 bridgehead atoms. The lowest BCUT2D eigenvalue weighted by molar-refractivity contribution is 0.0946. The van der Waals surface area contributed by atoms with E-state index in [0.717, 1.165) is 41.5 Å². The molecule has 0 unspecified atom stereocenters. The van der Waals surface area contributed by atoms with Gasteiger partial charge in [-0.3, -0.25) is 9.78 Å². The summed E-state index contributed by atoms with van der Waals surface area (Å²) in [5.74, 6) is 0.309. The molecule has 5 rings (SSSR count). The topological polar surface area (TPSA) is 118 Å². The molecule has 1 fully saturated rings. The Hall–Kier alpha value is -3.30. The van der Waals surface area contributed by atoms with Crippen molar-refractivity contribution in [1.29, 1.82) is 0 Å². The van der Waals surface area contributed by atoms with Crippen LogP contribution in [0.5, 0.6) is 0 Å². The third-order valence-corrected chi connectivity index (χ3v) is 7.92. The zero-order valence-electron chi connectivity index (χ0n) is 17.6. The van der Waals surface area contributed by atoms with Crippen LogP contribution >= 0.6 is 0 Å². The van der Waals surface area contributed by atoms with E-state index in [0.29, 0.717) is 23.6 Å². The molecule has 0 saturated heterocycles. The molecule has 9 heteroatoms. The van der Waals surface area contributed by atoms with Gasteiger partial charge in [-0.2, -0.15) is 4.31 Å². The zero-order chi connectivity index (χ0) is 22.5. The van der Waals surface area contributed by atoms with Crippen molar-refractivity contribution in [2.75, 3.05) is 19.3 Å². The van der Waals surface area contributed by atoms with E-state index >= 15 is 0 Å². The number of rotatable bonds is 5. The Labute approximate surface area is 186 Å². The van der Waals surface area contributed by atoms with Crippen LogP contribution in [0, 0.1) is 0 Å². The summed E-state index contributed by atoms with van der Waals surface area (Å²) in [4.78, 5) is 20.9. The fraction of sp³-hybridized carbons (Fsp3) is 0.261. The van der Waals surface area contributed by atoms with Crippen LogP contribution in [0.4, 0.5) is 5.82 Å². The van der Waals surface area contributed by atoms with Gasteiger partial charge in [-0.15, -0.1) is 0 Å². The zero-order valence-corrected chi connectivity index (χ0v) is 18.4. The van der Waals surface area contributed by atoms with Gasteiger partial charge in [-0.05, 0) is 54.7 Å². The number of pyridine rings is 2. The van der Waals surface area contributed by atoms with Crippen LogP contribution in [0.25, 0.3) is 22.4 Å². The highest BCUT2D eigenvalue weighted by Gasteiger charge is 2.35. The predicted molar refractivity (Wildman–Crippen MR) is 121 cm³/mol. The van der Waals surface area contributed by atoms with Gasteiger partial charge in [0, 0.05) is 48.7 Å². The summed E-state index contributed by atoms with van der Waals surface area (Å²) in [5.41, 5.74) is 10.7. The molecular weight excluding hydrogens is 426 g/mol. The lowest BCUT2D eigenvalue weighted by Gasteiger charge is -2.18. The second-order valence-electron chi connectivity index (χ2n) is 8.17. The van der Waals surface area contributed by atoms with Crippen LogP contribution in [-0.2, 0) is 16.4 Å². The maximum atomic E-state index is 12.7. The van der Waals surface area contributed by atoms with Gasteiger partial charge in [0.2, 0.25) is 10.0 Å². The van der Waals surface area contributed by atoms with E-state index < -0.39 is 10.0 Å². The summed E-state index contributed by atoms with van der Waals surface area (Å²) in [7, 11) is -1.93. The number of aromatic nitrogens is 2. The van der Waals surface area contributed by atoms with E-state index in [1.807, 2.05) is 18.2 Å². The van der Waals surface area contributed by atoms with E-state index in [9.17, 15) is 13.2 Å². The maximum Gasteiger partial charge on any atom is 0.251 e. The van der Waals surface area contributed by atoms with Gasteiger partial charge in [0.05, 0.1) is 5.69 Å². The monoisotopic (exact) mass is 449 g/mol. The number of anilines is 1. The largest absolute Gasteiger partial charge is 0.383 e. The van der Waals surface area contributed by atoms with E-state index in [1.165, 1.54) is 10.5 Å². The molecule has 164 valence electrons. The molecule has 3 N–H and O–H groups in total. The van der Waals surface area contributed by atoms with E-state index in [4.69, 9.17) is 5.73 Å². The molecule has 0 spiro atoms. The summed E-state index contributed by atoms with van der Waals surface area (Å²) in [5, 5.41) is 2.84. The Morgan fingerprint density at radius 1 is 1.03 bits per heavy atom. The number of nitrogens with two attached hydrogens (primary N) is 1. The number of hydrogen-bond acceptors (Lipinski definition) is 6. The first-order valence-corrected chi connectivity index (χ1v) is 11.9. The van der Waals surface area contributed by atoms with E-state index in [-0.39, 0.29) is 16.8 Å². The van der Waals surface area contributed by atoms with Gasteiger partial charge >= 0.3 is 0 Å². The maximum absolute atomic E-state index is 12.7. The number of carbonyl (C=O) groups is 1. The smallest absolute Gasteiger partial charge is 0.251 e. The highest BCUT2D eigenvalue weighted by atomic mass is 32.2. The predicted octanol–water partition coefficient (Wildman–Crippen LogP) is 2.46. The quantitative estimate of drug-likeness (QED) is 0.618. The van der Waals surface area contributed by atoms with Crippen LogP contribution in [0.2, 0.25) is 0 Å². The first-order valence-electron chi connectivity index (χ1n) is 10.5. The third kappa shape index (κ3) is 3.63. The Kier molecular flexibility index (Phi) is 4.94. The molecular formula is C23H23N5O3S. The number of nitrogens with one attached hydrogen (secondary N) is 1. The van der Waals surface area contributed by atoms with Gasteiger partial charge in [0.25, 0.3) is 5.91 Å². The Bertz CT molecular complexity index is 1320. The van der Waals surface area contributed by atoms with Crippen LogP contribution in [0.3, 0.4) is 0 Å². The summed E-state index contributed by atoms with van der Waals surface area (Å²) >= 11 is 0. The molecule has 2 aromatic heterocycles. The number of nitrogens with zero attached hydrogens (tertiary/aromatic N) is 3. The molecule has 3 aromatic rings. The fourth-order valence-electron chi connectivity index (χ4n) is 3.95. The fourth-order valence-corrected chi connectivity index (χ4v) is 5.31. The molecule has 1 aliphatic carbocycles. The molecule has 1 saturated carbocycles. The SMILES string of the molecule is CN(C1CC1)S(=O)(=O)c1ccc(-c2cnc(N)c(-c3ccc4c(c3)CCNC4=O)c2)nc1. The second kappa shape index (κ2) is 7.68. The lowest BCUT2D eigenvalue weighted by atomic mass is 9.94. The number of amides is 1. The molecule has 1 aliphatic heterocycles. The molecule has 1 amide bonds. The van der Waals surface area contributed by atoms with Gasteiger partial charge in [-0.1, -0.05) is 12.1 Å². The number of benzene rings is 1. The molecule has 0 atom stereocenters. The molecule has 0 radical (unpaired) electrons. The molecule has 2 aliphatic rings. The van der Waals surface area contributed by atoms with E-state index in [2.05, 4.69) is 15.3 Å². The normalized spacial score (nSPS) is 16.0. The minimum Gasteiger partial charge on any atom is -0.383 e. The summed E-state index contributed by atoms with van der Waals surface area (Å²) in [6, 6.07) is 10.9. The van der Waals surface area contributed by atoms with Crippen LogP contribution in [0.1, 0.15) is 28.8 Å². The van der Waals surface area contributed by atoms with Crippen molar-refractivity contribution in [1.82, 2.24) is 19.6 Å². The van der Waals surface area contributed by atoms with Crippen molar-refractivity contribution in [2.24, 2.45) is 0 Å². The highest BCUT2D eigenvalue weighted by Crippen LogP contribution is 2.33. The summed E-state index contributed by atoms with van der Waals surface area (Å²) in [6.45, 7) is 0.609. The standard InChI is InChI=1S/C23H23N5O3S/c1-28(17-3-4-17)32(30,31)18-5-7-21(26-13-18)16-11-20(22(24)27-12-16)14-2-6-19-15(10-14)8-9-25-23(19)29/h2,5-7,10-13,17H,3-4,8-9H2,1H3,(H2,24,27)(H,25,29). The summed E-state index contributed by atoms with van der Waals surface area (Å²) < 4.78 is 26.8. The highest BCUT2D eigenvalue weighted by molar-refractivity contribution is 7.89. The number of nitrogen functional groups attached to an aromatic ring is 1.